The number of nitrogens with one attached hydrogen (secondary N) is 1. The molecule has 1 heterocycles. The Morgan fingerprint density at radius 2 is 1.76 bits per heavy atom. The molecule has 0 bridgehead atoms. The SMILES string of the molecule is CCc1ccccc1NC(=O)CN(C)C(=O)C(C)Sc1nc(C(F)(F)F)nc2ccccc12. The van der Waals surface area contributed by atoms with Crippen molar-refractivity contribution < 1.29 is 22.8 Å². The fraction of sp³-hybridized carbons (Fsp3) is 0.304. The van der Waals surface area contributed by atoms with E-state index in [2.05, 4.69) is 15.3 Å². The number of benzene rings is 2. The maximum Gasteiger partial charge on any atom is 0.451 e. The van der Waals surface area contributed by atoms with Crippen molar-refractivity contribution in [2.45, 2.75) is 36.7 Å². The Morgan fingerprint density at radius 1 is 1.09 bits per heavy atom. The van der Waals surface area contributed by atoms with Crippen LogP contribution in [-0.2, 0) is 22.2 Å². The molecule has 6 nitrogen and oxygen atoms in total. The number of carbonyl (C=O) groups is 2. The minimum Gasteiger partial charge on any atom is -0.335 e. The number of hydrogen-bond donors (Lipinski definition) is 1. The average Bonchev–Trinajstić information content (AvgIpc) is 2.78. The number of amides is 2. The van der Waals surface area contributed by atoms with Gasteiger partial charge >= 0.3 is 6.18 Å². The van der Waals surface area contributed by atoms with Crippen LogP contribution in [-0.4, -0.2) is 45.5 Å². The van der Waals surface area contributed by atoms with Gasteiger partial charge < -0.3 is 10.2 Å². The van der Waals surface area contributed by atoms with Crippen molar-refractivity contribution in [3.05, 3.63) is 59.9 Å². The summed E-state index contributed by atoms with van der Waals surface area (Å²) in [7, 11) is 1.48. The second-order valence-electron chi connectivity index (χ2n) is 7.38. The Bertz CT molecular complexity index is 1170. The predicted octanol–water partition coefficient (Wildman–Crippen LogP) is 4.79. The van der Waals surface area contributed by atoms with Gasteiger partial charge in [0.15, 0.2) is 0 Å². The fourth-order valence-electron chi connectivity index (χ4n) is 3.23. The van der Waals surface area contributed by atoms with E-state index >= 15 is 0 Å². The van der Waals surface area contributed by atoms with Crippen molar-refractivity contribution in [2.24, 2.45) is 0 Å². The molecule has 2 amide bonds. The predicted molar refractivity (Wildman–Crippen MR) is 122 cm³/mol. The van der Waals surface area contributed by atoms with Gasteiger partial charge in [-0.3, -0.25) is 9.59 Å². The van der Waals surface area contributed by atoms with Crippen LogP contribution in [0.25, 0.3) is 10.9 Å². The van der Waals surface area contributed by atoms with Crippen LogP contribution >= 0.6 is 11.8 Å². The highest BCUT2D eigenvalue weighted by atomic mass is 32.2. The van der Waals surface area contributed by atoms with Crippen molar-refractivity contribution in [1.29, 1.82) is 0 Å². The van der Waals surface area contributed by atoms with Gasteiger partial charge in [0.25, 0.3) is 0 Å². The number of aromatic nitrogens is 2. The lowest BCUT2D eigenvalue weighted by molar-refractivity contribution is -0.145. The highest BCUT2D eigenvalue weighted by Crippen LogP contribution is 2.33. The van der Waals surface area contributed by atoms with E-state index in [1.807, 2.05) is 25.1 Å². The molecule has 1 unspecified atom stereocenters. The van der Waals surface area contributed by atoms with Gasteiger partial charge in [-0.15, -0.1) is 0 Å². The van der Waals surface area contributed by atoms with Gasteiger partial charge in [0.05, 0.1) is 17.3 Å². The number of alkyl halides is 3. The van der Waals surface area contributed by atoms with E-state index in [9.17, 15) is 22.8 Å². The van der Waals surface area contributed by atoms with Crippen molar-refractivity contribution in [2.75, 3.05) is 18.9 Å². The lowest BCUT2D eigenvalue weighted by Crippen LogP contribution is -2.39. The van der Waals surface area contributed by atoms with Crippen LogP contribution in [0.2, 0.25) is 0 Å². The third-order valence-corrected chi connectivity index (χ3v) is 5.98. The normalized spacial score (nSPS) is 12.4. The number of nitrogens with zero attached hydrogens (tertiary/aromatic N) is 3. The smallest absolute Gasteiger partial charge is 0.335 e. The number of para-hydroxylation sites is 2. The molecule has 0 aliphatic rings. The largest absolute Gasteiger partial charge is 0.451 e. The molecule has 1 aromatic heterocycles. The first kappa shape index (κ1) is 24.5. The standard InChI is InChI=1S/C23H23F3N4O2S/c1-4-15-9-5-7-11-17(15)27-19(31)13-30(3)21(32)14(2)33-20-16-10-6-8-12-18(16)28-22(29-20)23(24,25)26/h5-12,14H,4,13H2,1-3H3,(H,27,31). The average molecular weight is 477 g/mol. The first-order valence-electron chi connectivity index (χ1n) is 10.2. The molecule has 3 rings (SSSR count). The number of thioether (sulfide) groups is 1. The third-order valence-electron chi connectivity index (χ3n) is 4.89. The van der Waals surface area contributed by atoms with Crippen molar-refractivity contribution in [3.8, 4) is 0 Å². The van der Waals surface area contributed by atoms with Gasteiger partial charge in [-0.05, 0) is 31.0 Å². The number of anilines is 1. The topological polar surface area (TPSA) is 75.2 Å². The van der Waals surface area contributed by atoms with E-state index in [-0.39, 0.29) is 23.0 Å². The molecule has 3 aromatic rings. The van der Waals surface area contributed by atoms with Crippen LogP contribution in [0.15, 0.2) is 53.6 Å². The molecule has 0 radical (unpaired) electrons. The molecule has 0 saturated heterocycles. The number of halogens is 3. The lowest BCUT2D eigenvalue weighted by atomic mass is 10.1. The summed E-state index contributed by atoms with van der Waals surface area (Å²) in [6.07, 6.45) is -3.97. The Hall–Kier alpha value is -3.14. The molecule has 2 aromatic carbocycles. The molecule has 1 atom stereocenters. The van der Waals surface area contributed by atoms with Crippen molar-refractivity contribution >= 4 is 40.2 Å². The number of fused-ring (bicyclic) bond motifs is 1. The Kier molecular flexibility index (Phi) is 7.57. The quantitative estimate of drug-likeness (QED) is 0.392. The fourth-order valence-corrected chi connectivity index (χ4v) is 4.28. The maximum absolute atomic E-state index is 13.2. The van der Waals surface area contributed by atoms with E-state index in [0.29, 0.717) is 11.1 Å². The summed E-state index contributed by atoms with van der Waals surface area (Å²) >= 11 is 0.903. The van der Waals surface area contributed by atoms with Crippen molar-refractivity contribution in [3.63, 3.8) is 0 Å². The molecule has 0 aliphatic carbocycles. The number of aryl methyl sites for hydroxylation is 1. The maximum atomic E-state index is 13.2. The number of carbonyl (C=O) groups excluding carboxylic acids is 2. The summed E-state index contributed by atoms with van der Waals surface area (Å²) in [4.78, 5) is 33.8. The molecule has 33 heavy (non-hydrogen) atoms. The summed E-state index contributed by atoms with van der Waals surface area (Å²) in [6.45, 7) is 3.35. The van der Waals surface area contributed by atoms with Crippen molar-refractivity contribution in [1.82, 2.24) is 14.9 Å². The highest BCUT2D eigenvalue weighted by molar-refractivity contribution is 8.00. The lowest BCUT2D eigenvalue weighted by Gasteiger charge is -2.21. The molecular weight excluding hydrogens is 453 g/mol. The summed E-state index contributed by atoms with van der Waals surface area (Å²) in [6, 6.07) is 13.7. The van der Waals surface area contributed by atoms with Gasteiger partial charge in [-0.25, -0.2) is 9.97 Å². The zero-order valence-electron chi connectivity index (χ0n) is 18.3. The Morgan fingerprint density at radius 3 is 2.45 bits per heavy atom. The molecule has 0 fully saturated rings. The first-order valence-corrected chi connectivity index (χ1v) is 11.1. The Balaban J connectivity index is 1.72. The molecule has 0 saturated carbocycles. The highest BCUT2D eigenvalue weighted by Gasteiger charge is 2.36. The number of rotatable bonds is 7. The zero-order valence-corrected chi connectivity index (χ0v) is 19.1. The molecule has 174 valence electrons. The summed E-state index contributed by atoms with van der Waals surface area (Å²) in [5.41, 5.74) is 1.80. The van der Waals surface area contributed by atoms with Gasteiger partial charge in [0.2, 0.25) is 17.6 Å². The molecule has 0 spiro atoms. The summed E-state index contributed by atoms with van der Waals surface area (Å²) in [5, 5.41) is 2.51. The van der Waals surface area contributed by atoms with Crippen LogP contribution in [0.5, 0.6) is 0 Å². The molecule has 10 heteroatoms. The van der Waals surface area contributed by atoms with Gasteiger partial charge in [0.1, 0.15) is 5.03 Å². The van der Waals surface area contributed by atoms with Crippen LogP contribution < -0.4 is 5.32 Å². The first-order chi connectivity index (χ1) is 15.6. The van der Waals surface area contributed by atoms with Crippen LogP contribution in [0.3, 0.4) is 0 Å². The van der Waals surface area contributed by atoms with Crippen LogP contribution in [0.1, 0.15) is 25.2 Å². The van der Waals surface area contributed by atoms with E-state index in [1.54, 1.807) is 31.2 Å². The molecular formula is C23H23F3N4O2S. The summed E-state index contributed by atoms with van der Waals surface area (Å²) in [5.74, 6) is -2.03. The van der Waals surface area contributed by atoms with E-state index in [1.165, 1.54) is 18.0 Å². The molecule has 0 aliphatic heterocycles. The van der Waals surface area contributed by atoms with Crippen LogP contribution in [0, 0.1) is 0 Å². The van der Waals surface area contributed by atoms with E-state index in [4.69, 9.17) is 0 Å². The second kappa shape index (κ2) is 10.2. The number of likely N-dealkylation sites (N-methyl/N-ethyl adjacent to an activating group) is 1. The van der Waals surface area contributed by atoms with Crippen LogP contribution in [0.4, 0.5) is 18.9 Å². The second-order valence-corrected chi connectivity index (χ2v) is 8.71. The number of hydrogen-bond acceptors (Lipinski definition) is 5. The minimum absolute atomic E-state index is 0.0588. The third kappa shape index (κ3) is 6.01. The van der Waals surface area contributed by atoms with E-state index < -0.39 is 23.2 Å². The monoisotopic (exact) mass is 476 g/mol. The van der Waals surface area contributed by atoms with Gasteiger partial charge in [0, 0.05) is 18.1 Å². The zero-order chi connectivity index (χ0) is 24.2. The van der Waals surface area contributed by atoms with Gasteiger partial charge in [-0.1, -0.05) is 55.1 Å². The molecule has 1 N–H and O–H groups in total. The van der Waals surface area contributed by atoms with Gasteiger partial charge in [-0.2, -0.15) is 13.2 Å². The summed E-state index contributed by atoms with van der Waals surface area (Å²) < 4.78 is 39.7. The Labute approximate surface area is 193 Å². The minimum atomic E-state index is -4.71. The van der Waals surface area contributed by atoms with E-state index in [0.717, 1.165) is 23.7 Å².